The maximum Gasteiger partial charge on any atom is 0.254 e. The van der Waals surface area contributed by atoms with Crippen LogP contribution in [0.1, 0.15) is 36.5 Å². The standard InChI is InChI=1S/C20H27N5O2.2ClH/c1-2-10-25(18-6-8-21-14-18)20(27)16-4-3-5-17(13-16)23-19(26)7-11-24-12-9-22-15-24;;/h3-5,9,12-13,15,18,21H,2,6-8,10-11,14H2,1H3,(H,23,26);2*1H. The smallest absolute Gasteiger partial charge is 0.254 e. The summed E-state index contributed by atoms with van der Waals surface area (Å²) in [5.74, 6) is -0.0567. The molecule has 1 atom stereocenters. The highest BCUT2D eigenvalue weighted by Crippen LogP contribution is 2.17. The molecule has 0 spiro atoms. The van der Waals surface area contributed by atoms with Crippen LogP contribution in [0.3, 0.4) is 0 Å². The zero-order valence-electron chi connectivity index (χ0n) is 16.5. The van der Waals surface area contributed by atoms with Gasteiger partial charge in [0.15, 0.2) is 0 Å². The number of halogens is 2. The molecule has 3 rings (SSSR count). The fourth-order valence-electron chi connectivity index (χ4n) is 3.37. The van der Waals surface area contributed by atoms with Crippen molar-refractivity contribution < 1.29 is 9.59 Å². The Balaban J connectivity index is 0.00000210. The number of aromatic nitrogens is 2. The number of aryl methyl sites for hydroxylation is 1. The Morgan fingerprint density at radius 1 is 1.34 bits per heavy atom. The maximum atomic E-state index is 13.0. The molecule has 1 unspecified atom stereocenters. The number of imidazole rings is 1. The van der Waals surface area contributed by atoms with Gasteiger partial charge in [-0.15, -0.1) is 24.8 Å². The van der Waals surface area contributed by atoms with Crippen LogP contribution in [-0.2, 0) is 11.3 Å². The van der Waals surface area contributed by atoms with Crippen molar-refractivity contribution in [3.63, 3.8) is 0 Å². The number of amides is 2. The topological polar surface area (TPSA) is 79.3 Å². The predicted octanol–water partition coefficient (Wildman–Crippen LogP) is 2.97. The number of carbonyl (C=O) groups is 2. The van der Waals surface area contributed by atoms with E-state index in [4.69, 9.17) is 0 Å². The van der Waals surface area contributed by atoms with Crippen molar-refractivity contribution in [3.8, 4) is 0 Å². The molecule has 9 heteroatoms. The number of anilines is 1. The molecule has 1 saturated heterocycles. The van der Waals surface area contributed by atoms with E-state index in [9.17, 15) is 9.59 Å². The highest BCUT2D eigenvalue weighted by molar-refractivity contribution is 5.97. The molecule has 1 fully saturated rings. The van der Waals surface area contributed by atoms with Crippen molar-refractivity contribution in [3.05, 3.63) is 48.5 Å². The number of benzene rings is 1. The summed E-state index contributed by atoms with van der Waals surface area (Å²) in [4.78, 5) is 31.1. The van der Waals surface area contributed by atoms with E-state index in [0.717, 1.165) is 32.5 Å². The zero-order chi connectivity index (χ0) is 19.1. The van der Waals surface area contributed by atoms with E-state index in [-0.39, 0.29) is 42.7 Å². The lowest BCUT2D eigenvalue weighted by atomic mass is 10.1. The van der Waals surface area contributed by atoms with Crippen molar-refractivity contribution in [1.29, 1.82) is 0 Å². The Morgan fingerprint density at radius 3 is 2.83 bits per heavy atom. The number of nitrogens with zero attached hydrogens (tertiary/aromatic N) is 3. The van der Waals surface area contributed by atoms with E-state index < -0.39 is 0 Å². The first kappa shape index (κ1) is 24.9. The second-order valence-corrected chi connectivity index (χ2v) is 6.82. The third-order valence-corrected chi connectivity index (χ3v) is 4.75. The largest absolute Gasteiger partial charge is 0.337 e. The number of carbonyl (C=O) groups excluding carboxylic acids is 2. The van der Waals surface area contributed by atoms with Gasteiger partial charge in [-0.3, -0.25) is 9.59 Å². The van der Waals surface area contributed by atoms with Gasteiger partial charge < -0.3 is 20.1 Å². The van der Waals surface area contributed by atoms with Gasteiger partial charge >= 0.3 is 0 Å². The van der Waals surface area contributed by atoms with Gasteiger partial charge in [0, 0.05) is 55.7 Å². The molecule has 29 heavy (non-hydrogen) atoms. The minimum atomic E-state index is -0.0845. The third-order valence-electron chi connectivity index (χ3n) is 4.75. The SMILES string of the molecule is CCCN(C(=O)c1cccc(NC(=O)CCn2ccnc2)c1)C1CCNC1.Cl.Cl. The quantitative estimate of drug-likeness (QED) is 0.659. The second-order valence-electron chi connectivity index (χ2n) is 6.82. The summed E-state index contributed by atoms with van der Waals surface area (Å²) in [6, 6.07) is 7.45. The molecule has 7 nitrogen and oxygen atoms in total. The zero-order valence-corrected chi connectivity index (χ0v) is 18.2. The Morgan fingerprint density at radius 2 is 2.17 bits per heavy atom. The van der Waals surface area contributed by atoms with Gasteiger partial charge in [0.25, 0.3) is 5.91 Å². The fourth-order valence-corrected chi connectivity index (χ4v) is 3.37. The fraction of sp³-hybridized carbons (Fsp3) is 0.450. The normalized spacial score (nSPS) is 15.1. The lowest BCUT2D eigenvalue weighted by Crippen LogP contribution is -2.42. The molecule has 0 aliphatic carbocycles. The molecule has 0 bridgehead atoms. The first-order valence-corrected chi connectivity index (χ1v) is 9.54. The predicted molar refractivity (Wildman–Crippen MR) is 119 cm³/mol. The van der Waals surface area contributed by atoms with Crippen molar-refractivity contribution >= 4 is 42.3 Å². The van der Waals surface area contributed by atoms with E-state index in [1.54, 1.807) is 18.6 Å². The van der Waals surface area contributed by atoms with Crippen LogP contribution in [-0.4, -0.2) is 51.9 Å². The lowest BCUT2D eigenvalue weighted by Gasteiger charge is -2.28. The van der Waals surface area contributed by atoms with Crippen LogP contribution in [0.4, 0.5) is 5.69 Å². The summed E-state index contributed by atoms with van der Waals surface area (Å²) in [5.41, 5.74) is 1.26. The maximum absolute atomic E-state index is 13.0. The molecule has 1 aliphatic rings. The van der Waals surface area contributed by atoms with E-state index in [0.29, 0.717) is 24.2 Å². The molecule has 160 valence electrons. The van der Waals surface area contributed by atoms with Crippen LogP contribution in [0.5, 0.6) is 0 Å². The van der Waals surface area contributed by atoms with Crippen LogP contribution >= 0.6 is 24.8 Å². The molecule has 0 saturated carbocycles. The summed E-state index contributed by atoms with van der Waals surface area (Å²) in [7, 11) is 0. The van der Waals surface area contributed by atoms with Gasteiger partial charge in [-0.25, -0.2) is 4.98 Å². The molecule has 2 heterocycles. The number of nitrogens with one attached hydrogen (secondary N) is 2. The van der Waals surface area contributed by atoms with Crippen LogP contribution in [0.2, 0.25) is 0 Å². The Labute approximate surface area is 184 Å². The monoisotopic (exact) mass is 441 g/mol. The minimum Gasteiger partial charge on any atom is -0.337 e. The summed E-state index contributed by atoms with van der Waals surface area (Å²) in [6.07, 6.45) is 7.46. The van der Waals surface area contributed by atoms with Crippen LogP contribution in [0, 0.1) is 0 Å². The Bertz CT molecular complexity index is 764. The van der Waals surface area contributed by atoms with Crippen molar-refractivity contribution in [2.24, 2.45) is 0 Å². The van der Waals surface area contributed by atoms with Crippen LogP contribution < -0.4 is 10.6 Å². The average Bonchev–Trinajstić information content (AvgIpc) is 3.38. The minimum absolute atomic E-state index is 0. The number of hydrogen-bond donors (Lipinski definition) is 2. The molecular weight excluding hydrogens is 413 g/mol. The molecule has 0 radical (unpaired) electrons. The highest BCUT2D eigenvalue weighted by atomic mass is 35.5. The van der Waals surface area contributed by atoms with E-state index in [1.807, 2.05) is 33.9 Å². The second kappa shape index (κ2) is 12.5. The van der Waals surface area contributed by atoms with E-state index in [2.05, 4.69) is 22.5 Å². The molecule has 1 aliphatic heterocycles. The van der Waals surface area contributed by atoms with Gasteiger partial charge in [-0.2, -0.15) is 0 Å². The Hall–Kier alpha value is -2.09. The summed E-state index contributed by atoms with van der Waals surface area (Å²) >= 11 is 0. The van der Waals surface area contributed by atoms with Gasteiger partial charge in [0.05, 0.1) is 6.33 Å². The van der Waals surface area contributed by atoms with Gasteiger partial charge in [0.2, 0.25) is 5.91 Å². The molecule has 2 aromatic rings. The first-order chi connectivity index (χ1) is 13.2. The van der Waals surface area contributed by atoms with Gasteiger partial charge in [-0.05, 0) is 37.6 Å². The van der Waals surface area contributed by atoms with Crippen molar-refractivity contribution in [2.75, 3.05) is 25.0 Å². The highest BCUT2D eigenvalue weighted by Gasteiger charge is 2.26. The van der Waals surface area contributed by atoms with Crippen LogP contribution in [0.25, 0.3) is 0 Å². The number of hydrogen-bond acceptors (Lipinski definition) is 4. The number of rotatable bonds is 8. The van der Waals surface area contributed by atoms with Crippen LogP contribution in [0.15, 0.2) is 43.0 Å². The van der Waals surface area contributed by atoms with Gasteiger partial charge in [-0.1, -0.05) is 13.0 Å². The van der Waals surface area contributed by atoms with Crippen molar-refractivity contribution in [1.82, 2.24) is 19.8 Å². The van der Waals surface area contributed by atoms with Crippen molar-refractivity contribution in [2.45, 2.75) is 38.8 Å². The third kappa shape index (κ3) is 7.03. The van der Waals surface area contributed by atoms with Gasteiger partial charge in [0.1, 0.15) is 0 Å². The summed E-state index contributed by atoms with van der Waals surface area (Å²) < 4.78 is 1.86. The van der Waals surface area contributed by atoms with E-state index in [1.165, 1.54) is 0 Å². The lowest BCUT2D eigenvalue weighted by molar-refractivity contribution is -0.116. The first-order valence-electron chi connectivity index (χ1n) is 9.54. The molecule has 1 aromatic carbocycles. The summed E-state index contributed by atoms with van der Waals surface area (Å²) in [6.45, 7) is 5.19. The molecule has 2 amide bonds. The summed E-state index contributed by atoms with van der Waals surface area (Å²) in [5, 5.41) is 6.21. The molecule has 2 N–H and O–H groups in total. The Kier molecular flexibility index (Phi) is 10.7. The molecular formula is C20H29Cl2N5O2. The average molecular weight is 442 g/mol. The van der Waals surface area contributed by atoms with E-state index >= 15 is 0 Å². The molecule has 1 aromatic heterocycles.